The average Bonchev–Trinajstić information content (AvgIpc) is 2.94. The van der Waals surface area contributed by atoms with Crippen LogP contribution in [0.5, 0.6) is 0 Å². The number of nitrogens with one attached hydrogen (secondary N) is 2. The number of carboxylic acids is 1. The molecule has 1 aromatic heterocycles. The van der Waals surface area contributed by atoms with Crippen molar-refractivity contribution in [2.75, 3.05) is 6.54 Å². The Labute approximate surface area is 164 Å². The molecule has 2 rings (SSSR count). The summed E-state index contributed by atoms with van der Waals surface area (Å²) in [4.78, 5) is 45.0. The summed E-state index contributed by atoms with van der Waals surface area (Å²) in [6, 6.07) is 1.77. The lowest BCUT2D eigenvalue weighted by Gasteiger charge is -2.21. The van der Waals surface area contributed by atoms with Crippen molar-refractivity contribution in [3.8, 4) is 0 Å². The van der Waals surface area contributed by atoms with Crippen LogP contribution in [0.25, 0.3) is 0 Å². The van der Waals surface area contributed by atoms with Gasteiger partial charge in [0.15, 0.2) is 5.84 Å². The number of carboxylic acid groups (broad SMARTS) is 1. The van der Waals surface area contributed by atoms with Gasteiger partial charge in [-0.2, -0.15) is 0 Å². The number of rotatable bonds is 8. The molecule has 3 N–H and O–H groups in total. The number of aryl methyl sites for hydroxylation is 2. The molecule has 0 saturated heterocycles. The smallest absolute Gasteiger partial charge is 0.303 e. The minimum Gasteiger partial charge on any atom is -0.481 e. The number of carbonyl (C=O) groups is 3. The summed E-state index contributed by atoms with van der Waals surface area (Å²) in [5, 5.41) is 14.2. The molecule has 0 fully saturated rings. The first kappa shape index (κ1) is 21.5. The van der Waals surface area contributed by atoms with Crippen molar-refractivity contribution in [1.29, 1.82) is 0 Å². The maximum atomic E-state index is 12.8. The van der Waals surface area contributed by atoms with Gasteiger partial charge in [-0.05, 0) is 44.2 Å². The second-order valence-corrected chi connectivity index (χ2v) is 7.45. The number of amidine groups is 1. The molecule has 1 aromatic rings. The lowest BCUT2D eigenvalue weighted by Crippen LogP contribution is -2.41. The first-order valence-electron chi connectivity index (χ1n) is 9.52. The van der Waals surface area contributed by atoms with Crippen LogP contribution in [-0.2, 0) is 16.0 Å². The summed E-state index contributed by atoms with van der Waals surface area (Å²) in [5.41, 5.74) is 1.45. The number of aromatic nitrogens is 1. The normalized spacial score (nSPS) is 18.8. The highest BCUT2D eigenvalue weighted by Gasteiger charge is 2.43. The first-order valence-corrected chi connectivity index (χ1v) is 9.52. The van der Waals surface area contributed by atoms with E-state index in [1.807, 2.05) is 27.7 Å². The third-order valence-corrected chi connectivity index (χ3v) is 5.18. The number of hydrogen-bond donors (Lipinski definition) is 3. The predicted molar refractivity (Wildman–Crippen MR) is 105 cm³/mol. The fraction of sp³-hybridized carbons (Fsp3) is 0.550. The molecular formula is C20H28N4O4. The molecule has 28 heavy (non-hydrogen) atoms. The average molecular weight is 388 g/mol. The molecule has 1 atom stereocenters. The standard InChI is InChI=1S/C20H28N4O4/c1-6-13-10-14(18(27)21-9-7-8-15(25)26)16(22-12(13)4)17-23-19(28)20(5,24-17)11(2)3/h10-11H,6-9H2,1-5H3,(H,21,27)(H,25,26)(H,23,24,28). The van der Waals surface area contributed by atoms with Gasteiger partial charge < -0.3 is 15.7 Å². The lowest BCUT2D eigenvalue weighted by molar-refractivity contribution is -0.137. The summed E-state index contributed by atoms with van der Waals surface area (Å²) in [6.07, 6.45) is 1.02. The number of pyridine rings is 1. The van der Waals surface area contributed by atoms with Crippen molar-refractivity contribution >= 4 is 23.6 Å². The summed E-state index contributed by atoms with van der Waals surface area (Å²) < 4.78 is 0. The van der Waals surface area contributed by atoms with Gasteiger partial charge >= 0.3 is 5.97 Å². The van der Waals surface area contributed by atoms with Crippen molar-refractivity contribution in [2.45, 2.75) is 59.4 Å². The molecule has 0 spiro atoms. The quantitative estimate of drug-likeness (QED) is 0.587. The molecule has 1 aliphatic heterocycles. The van der Waals surface area contributed by atoms with E-state index >= 15 is 0 Å². The van der Waals surface area contributed by atoms with Crippen LogP contribution in [0.2, 0.25) is 0 Å². The van der Waals surface area contributed by atoms with E-state index in [1.165, 1.54) is 0 Å². The largest absolute Gasteiger partial charge is 0.481 e. The van der Waals surface area contributed by atoms with E-state index in [0.29, 0.717) is 29.9 Å². The molecule has 8 nitrogen and oxygen atoms in total. The Hall–Kier alpha value is -2.77. The van der Waals surface area contributed by atoms with Crippen LogP contribution in [0, 0.1) is 12.8 Å². The molecule has 0 aromatic carbocycles. The van der Waals surface area contributed by atoms with Crippen LogP contribution < -0.4 is 10.6 Å². The molecule has 2 amide bonds. The molecule has 8 heteroatoms. The minimum absolute atomic E-state index is 0.0188. The van der Waals surface area contributed by atoms with Crippen LogP contribution in [0.3, 0.4) is 0 Å². The van der Waals surface area contributed by atoms with Crippen LogP contribution in [0.15, 0.2) is 11.1 Å². The first-order chi connectivity index (χ1) is 13.1. The maximum absolute atomic E-state index is 12.8. The van der Waals surface area contributed by atoms with E-state index in [9.17, 15) is 14.4 Å². The van der Waals surface area contributed by atoms with Gasteiger partial charge in [0.1, 0.15) is 11.2 Å². The van der Waals surface area contributed by atoms with Crippen LogP contribution >= 0.6 is 0 Å². The summed E-state index contributed by atoms with van der Waals surface area (Å²) in [5.74, 6) is -1.21. The second-order valence-electron chi connectivity index (χ2n) is 7.45. The van der Waals surface area contributed by atoms with Gasteiger partial charge in [0, 0.05) is 18.7 Å². The van der Waals surface area contributed by atoms with Crippen molar-refractivity contribution in [1.82, 2.24) is 15.6 Å². The molecule has 0 radical (unpaired) electrons. The molecule has 0 aliphatic carbocycles. The Balaban J connectivity index is 2.39. The van der Waals surface area contributed by atoms with Crippen molar-refractivity contribution in [3.05, 3.63) is 28.6 Å². The van der Waals surface area contributed by atoms with Crippen LogP contribution in [-0.4, -0.2) is 45.8 Å². The summed E-state index contributed by atoms with van der Waals surface area (Å²) in [7, 11) is 0. The molecule has 0 bridgehead atoms. The fourth-order valence-corrected chi connectivity index (χ4v) is 2.94. The monoisotopic (exact) mass is 388 g/mol. The van der Waals surface area contributed by atoms with Crippen LogP contribution in [0.1, 0.15) is 67.8 Å². The van der Waals surface area contributed by atoms with Gasteiger partial charge in [-0.25, -0.2) is 9.98 Å². The van der Waals surface area contributed by atoms with Gasteiger partial charge in [-0.3, -0.25) is 14.4 Å². The predicted octanol–water partition coefficient (Wildman–Crippen LogP) is 1.84. The lowest BCUT2D eigenvalue weighted by atomic mass is 9.89. The van der Waals surface area contributed by atoms with Gasteiger partial charge in [0.05, 0.1) is 5.56 Å². The Kier molecular flexibility index (Phi) is 6.53. The SMILES string of the molecule is CCc1cc(C(=O)NCCCC(=O)O)c(C2=NC(C)(C(C)C)C(=O)N2)nc1C. The van der Waals surface area contributed by atoms with Crippen molar-refractivity contribution in [3.63, 3.8) is 0 Å². The zero-order valence-corrected chi connectivity index (χ0v) is 17.0. The second kappa shape index (κ2) is 8.50. The zero-order chi connectivity index (χ0) is 21.1. The highest BCUT2D eigenvalue weighted by molar-refractivity contribution is 6.18. The molecular weight excluding hydrogens is 360 g/mol. The summed E-state index contributed by atoms with van der Waals surface area (Å²) in [6.45, 7) is 9.67. The Morgan fingerprint density at radius 3 is 2.57 bits per heavy atom. The topological polar surface area (TPSA) is 121 Å². The van der Waals surface area contributed by atoms with Gasteiger partial charge in [0.25, 0.3) is 11.8 Å². The Bertz CT molecular complexity index is 832. The maximum Gasteiger partial charge on any atom is 0.303 e. The molecule has 1 unspecified atom stereocenters. The molecule has 2 heterocycles. The number of hydrogen-bond acceptors (Lipinski definition) is 5. The van der Waals surface area contributed by atoms with Gasteiger partial charge in [-0.1, -0.05) is 20.8 Å². The van der Waals surface area contributed by atoms with E-state index in [4.69, 9.17) is 5.11 Å². The van der Waals surface area contributed by atoms with Crippen LogP contribution in [0.4, 0.5) is 0 Å². The molecule has 152 valence electrons. The van der Waals surface area contributed by atoms with E-state index < -0.39 is 11.5 Å². The molecule has 1 aliphatic rings. The van der Waals surface area contributed by atoms with Crippen molar-refractivity contribution < 1.29 is 19.5 Å². The van der Waals surface area contributed by atoms with E-state index in [1.54, 1.807) is 13.0 Å². The highest BCUT2D eigenvalue weighted by Crippen LogP contribution is 2.27. The third kappa shape index (κ3) is 4.37. The van der Waals surface area contributed by atoms with Gasteiger partial charge in [0.2, 0.25) is 0 Å². The fourth-order valence-electron chi connectivity index (χ4n) is 2.94. The Morgan fingerprint density at radius 1 is 1.36 bits per heavy atom. The zero-order valence-electron chi connectivity index (χ0n) is 17.0. The van der Waals surface area contributed by atoms with Gasteiger partial charge in [-0.15, -0.1) is 0 Å². The van der Waals surface area contributed by atoms with E-state index in [2.05, 4.69) is 20.6 Å². The van der Waals surface area contributed by atoms with E-state index in [0.717, 1.165) is 11.3 Å². The number of nitrogens with zero attached hydrogens (tertiary/aromatic N) is 2. The Morgan fingerprint density at radius 2 is 2.04 bits per heavy atom. The number of amides is 2. The number of aliphatic imine (C=N–C) groups is 1. The summed E-state index contributed by atoms with van der Waals surface area (Å²) >= 11 is 0. The third-order valence-electron chi connectivity index (χ3n) is 5.18. The minimum atomic E-state index is -0.913. The highest BCUT2D eigenvalue weighted by atomic mass is 16.4. The number of carbonyl (C=O) groups excluding carboxylic acids is 2. The number of aliphatic carboxylic acids is 1. The van der Waals surface area contributed by atoms with Crippen molar-refractivity contribution in [2.24, 2.45) is 10.9 Å². The molecule has 0 saturated carbocycles. The van der Waals surface area contributed by atoms with E-state index in [-0.39, 0.29) is 30.7 Å².